The Kier molecular flexibility index (Phi) is 80.9. The van der Waals surface area contributed by atoms with E-state index in [4.69, 9.17) is 32.3 Å². The number of aliphatic hydroxyl groups is 2. The number of carbonyl (C=O) groups is 3. The standard InChI is InChI=1S/C93H158O16P2/c1-4-7-10-13-16-19-22-25-28-31-33-35-37-39-40-41-42-43-44-45-46-48-50-51-53-56-58-61-64-67-70-73-76-79-91(96)103-82-88(94)83-105-110(99,100)106-84-89(95)85-107-111(101,102)108-87-90(109-93(98)81-78-75-72-69-66-63-60-55-30-27-24-21-18-15-12-9-6-3)86-104-92(97)80-77-74-71-68-65-62-59-57-54-52-49-47-38-36-34-32-29-26-23-20-17-14-11-8-5-2/h8-9,11-12,16-21,25-30,33-36,39-40,47,49,54,57,88-90,94-95H,4-7,10,13-15,22-24,31-32,37-38,41-46,48,50-53,55-56,58-87H2,1-3H3,(H,99,100)(H,101,102)/b11-8-,12-9-,19-16-,20-17-,21-18-,28-25-,29-26-,30-27-,35-33-,36-34-,40-39-,49-47-,57-54-. The average Bonchev–Trinajstić information content (AvgIpc) is 0.903. The third-order valence-corrected chi connectivity index (χ3v) is 20.1. The molecule has 5 unspecified atom stereocenters. The van der Waals surface area contributed by atoms with Crippen molar-refractivity contribution in [1.29, 1.82) is 0 Å². The summed E-state index contributed by atoms with van der Waals surface area (Å²) in [5.74, 6) is -1.60. The number of ether oxygens (including phenoxy) is 3. The first-order valence-corrected chi connectivity index (χ1v) is 46.8. The number of phosphoric ester groups is 2. The van der Waals surface area contributed by atoms with Crippen LogP contribution in [0.5, 0.6) is 0 Å². The first-order chi connectivity index (χ1) is 54.2. The van der Waals surface area contributed by atoms with Gasteiger partial charge in [0.25, 0.3) is 0 Å². The van der Waals surface area contributed by atoms with Crippen LogP contribution >= 0.6 is 15.6 Å². The van der Waals surface area contributed by atoms with Crippen molar-refractivity contribution in [2.75, 3.05) is 39.6 Å². The minimum absolute atomic E-state index is 0.0853. The molecule has 0 saturated carbocycles. The molecular weight excluding hydrogens is 1430 g/mol. The Hall–Kier alpha value is -4.83. The summed E-state index contributed by atoms with van der Waals surface area (Å²) in [5.41, 5.74) is 0. The van der Waals surface area contributed by atoms with Gasteiger partial charge in [-0.3, -0.25) is 32.5 Å². The van der Waals surface area contributed by atoms with Gasteiger partial charge in [0.05, 0.1) is 26.4 Å². The maximum absolute atomic E-state index is 13.0. The lowest BCUT2D eigenvalue weighted by Gasteiger charge is -2.21. The number of hydrogen-bond acceptors (Lipinski definition) is 14. The van der Waals surface area contributed by atoms with Crippen LogP contribution in [0.25, 0.3) is 0 Å². The second-order valence-electron chi connectivity index (χ2n) is 28.9. The van der Waals surface area contributed by atoms with Crippen molar-refractivity contribution in [2.24, 2.45) is 0 Å². The highest BCUT2D eigenvalue weighted by Crippen LogP contribution is 2.45. The highest BCUT2D eigenvalue weighted by Gasteiger charge is 2.29. The maximum atomic E-state index is 13.0. The lowest BCUT2D eigenvalue weighted by atomic mass is 10.0. The molecule has 0 aromatic rings. The van der Waals surface area contributed by atoms with Crippen molar-refractivity contribution in [3.63, 3.8) is 0 Å². The number of aliphatic hydroxyl groups excluding tert-OH is 2. The molecule has 111 heavy (non-hydrogen) atoms. The molecule has 0 spiro atoms. The van der Waals surface area contributed by atoms with E-state index in [2.05, 4.69) is 179 Å². The molecule has 0 saturated heterocycles. The summed E-state index contributed by atoms with van der Waals surface area (Å²) >= 11 is 0. The monoisotopic (exact) mass is 1590 g/mol. The molecular formula is C93H158O16P2. The molecule has 4 N–H and O–H groups in total. The van der Waals surface area contributed by atoms with Crippen LogP contribution in [0.2, 0.25) is 0 Å². The zero-order valence-electron chi connectivity index (χ0n) is 69.8. The minimum Gasteiger partial charge on any atom is -0.463 e. The number of phosphoric acid groups is 2. The Balaban J connectivity index is 4.52. The van der Waals surface area contributed by atoms with Gasteiger partial charge in [-0.05, 0) is 148 Å². The van der Waals surface area contributed by atoms with Crippen molar-refractivity contribution in [3.8, 4) is 0 Å². The van der Waals surface area contributed by atoms with Crippen molar-refractivity contribution in [2.45, 2.75) is 373 Å². The Bertz CT molecular complexity index is 2650. The molecule has 0 rings (SSSR count). The van der Waals surface area contributed by atoms with E-state index < -0.39 is 91.5 Å². The molecule has 0 aromatic heterocycles. The SMILES string of the molecule is CC/C=C\C/C=C\C/C=C\C/C=C\C/C=C\C/C=C\CCCCCCCCC(=O)OCC(COP(=O)(O)OCC(O)COP(=O)(O)OCC(O)COC(=O)CCCCCCCCCCCCCCCCCCC/C=C\C/C=C\C/C=C\C/C=C\CCCCC)OC(=O)CCCCCCCCC/C=C\C/C=C\C/C=C\CC. The predicted octanol–water partition coefficient (Wildman–Crippen LogP) is 26.5. The Morgan fingerprint density at radius 3 is 0.757 bits per heavy atom. The van der Waals surface area contributed by atoms with E-state index in [0.717, 1.165) is 180 Å². The molecule has 0 fully saturated rings. The number of unbranched alkanes of at least 4 members (excludes halogenated alkanes) is 33. The van der Waals surface area contributed by atoms with E-state index >= 15 is 0 Å². The van der Waals surface area contributed by atoms with Gasteiger partial charge in [0.1, 0.15) is 25.4 Å². The highest BCUT2D eigenvalue weighted by atomic mass is 31.2. The fourth-order valence-electron chi connectivity index (χ4n) is 11.6. The molecule has 0 heterocycles. The summed E-state index contributed by atoms with van der Waals surface area (Å²) in [6.07, 6.45) is 107. The number of hydrogen-bond donors (Lipinski definition) is 4. The van der Waals surface area contributed by atoms with Crippen molar-refractivity contribution >= 4 is 33.6 Å². The van der Waals surface area contributed by atoms with Gasteiger partial charge >= 0.3 is 33.6 Å². The van der Waals surface area contributed by atoms with Gasteiger partial charge in [-0.15, -0.1) is 0 Å². The molecule has 0 radical (unpaired) electrons. The van der Waals surface area contributed by atoms with Gasteiger partial charge in [0.2, 0.25) is 0 Å². The van der Waals surface area contributed by atoms with Crippen LogP contribution in [0.4, 0.5) is 0 Å². The maximum Gasteiger partial charge on any atom is 0.472 e. The van der Waals surface area contributed by atoms with E-state index in [1.807, 2.05) is 0 Å². The van der Waals surface area contributed by atoms with Crippen LogP contribution in [-0.2, 0) is 55.8 Å². The van der Waals surface area contributed by atoms with E-state index in [-0.39, 0.29) is 19.3 Å². The van der Waals surface area contributed by atoms with Crippen LogP contribution in [-0.4, -0.2) is 95.9 Å². The fourth-order valence-corrected chi connectivity index (χ4v) is 13.2. The van der Waals surface area contributed by atoms with Gasteiger partial charge in [-0.2, -0.15) is 0 Å². The van der Waals surface area contributed by atoms with Gasteiger partial charge < -0.3 is 34.2 Å². The summed E-state index contributed by atoms with van der Waals surface area (Å²) in [6, 6.07) is 0. The molecule has 5 atom stereocenters. The first-order valence-electron chi connectivity index (χ1n) is 43.8. The molecule has 0 aliphatic heterocycles. The lowest BCUT2D eigenvalue weighted by Crippen LogP contribution is -2.30. The van der Waals surface area contributed by atoms with Gasteiger partial charge in [-0.1, -0.05) is 346 Å². The number of rotatable bonds is 82. The van der Waals surface area contributed by atoms with Crippen LogP contribution < -0.4 is 0 Å². The summed E-state index contributed by atoms with van der Waals surface area (Å²) in [6.45, 7) is 2.43. The van der Waals surface area contributed by atoms with Gasteiger partial charge in [0, 0.05) is 19.3 Å². The first kappa shape index (κ1) is 106. The van der Waals surface area contributed by atoms with Crippen molar-refractivity contribution in [3.05, 3.63) is 158 Å². The van der Waals surface area contributed by atoms with Crippen LogP contribution in [0.15, 0.2) is 158 Å². The van der Waals surface area contributed by atoms with E-state index in [0.29, 0.717) is 19.3 Å². The van der Waals surface area contributed by atoms with Gasteiger partial charge in [-0.25, -0.2) is 9.13 Å². The summed E-state index contributed by atoms with van der Waals surface area (Å²) in [5, 5.41) is 20.7. The van der Waals surface area contributed by atoms with Gasteiger partial charge in [0.15, 0.2) is 6.10 Å². The topological polar surface area (TPSA) is 231 Å². The molecule has 16 nitrogen and oxygen atoms in total. The average molecular weight is 1590 g/mol. The lowest BCUT2D eigenvalue weighted by molar-refractivity contribution is -0.161. The third-order valence-electron chi connectivity index (χ3n) is 18.2. The molecule has 0 bridgehead atoms. The second-order valence-corrected chi connectivity index (χ2v) is 31.8. The van der Waals surface area contributed by atoms with Crippen molar-refractivity contribution in [1.82, 2.24) is 0 Å². The zero-order chi connectivity index (χ0) is 80.8. The smallest absolute Gasteiger partial charge is 0.463 e. The quantitative estimate of drug-likeness (QED) is 0.0146. The predicted molar refractivity (Wildman–Crippen MR) is 463 cm³/mol. The van der Waals surface area contributed by atoms with Crippen LogP contribution in [0.3, 0.4) is 0 Å². The number of carbonyl (C=O) groups excluding carboxylic acids is 3. The molecule has 0 aliphatic rings. The zero-order valence-corrected chi connectivity index (χ0v) is 71.6. The molecule has 636 valence electrons. The molecule has 0 aliphatic carbocycles. The van der Waals surface area contributed by atoms with Crippen LogP contribution in [0, 0.1) is 0 Å². The fraction of sp³-hybridized carbons (Fsp3) is 0.688. The largest absolute Gasteiger partial charge is 0.472 e. The Labute approximate surface area is 676 Å². The minimum atomic E-state index is -4.95. The van der Waals surface area contributed by atoms with E-state index in [1.165, 1.54) is 116 Å². The number of allylic oxidation sites excluding steroid dienone is 26. The second kappa shape index (κ2) is 84.6. The Morgan fingerprint density at radius 2 is 0.477 bits per heavy atom. The highest BCUT2D eigenvalue weighted by molar-refractivity contribution is 7.47. The molecule has 0 amide bonds. The molecule has 18 heteroatoms. The summed E-state index contributed by atoms with van der Waals surface area (Å²) < 4.78 is 61.3. The summed E-state index contributed by atoms with van der Waals surface area (Å²) in [4.78, 5) is 58.8. The van der Waals surface area contributed by atoms with Crippen molar-refractivity contribution < 1.29 is 75.8 Å². The van der Waals surface area contributed by atoms with E-state index in [9.17, 15) is 43.5 Å². The van der Waals surface area contributed by atoms with E-state index in [1.54, 1.807) is 0 Å². The normalized spacial score (nSPS) is 14.6. The third kappa shape index (κ3) is 85.9. The number of esters is 3. The molecule has 0 aromatic carbocycles. The Morgan fingerprint density at radius 1 is 0.261 bits per heavy atom. The van der Waals surface area contributed by atoms with Crippen LogP contribution in [0.1, 0.15) is 355 Å². The summed E-state index contributed by atoms with van der Waals surface area (Å²) in [7, 11) is -9.81.